The molecule has 6 heteroatoms. The lowest BCUT2D eigenvalue weighted by molar-refractivity contribution is -0.00571. The normalized spacial score (nSPS) is 20.1. The maximum Gasteiger partial charge on any atom is 0.137 e. The minimum atomic E-state index is -0.468. The fourth-order valence-corrected chi connectivity index (χ4v) is 3.26. The van der Waals surface area contributed by atoms with Crippen molar-refractivity contribution in [1.29, 1.82) is 0 Å². The molecule has 0 saturated carbocycles. The van der Waals surface area contributed by atoms with Crippen molar-refractivity contribution in [3.63, 3.8) is 0 Å². The van der Waals surface area contributed by atoms with Crippen LogP contribution in [-0.4, -0.2) is 56.6 Å². The molecular formula is C18H26N4O2. The number of piperidine rings is 1. The molecule has 1 aliphatic heterocycles. The second-order valence-corrected chi connectivity index (χ2v) is 6.42. The summed E-state index contributed by atoms with van der Waals surface area (Å²) in [5.74, 6) is 0. The van der Waals surface area contributed by atoms with Crippen LogP contribution in [-0.2, 0) is 17.9 Å². The Kier molecular flexibility index (Phi) is 6.34. The van der Waals surface area contributed by atoms with Crippen LogP contribution in [0.1, 0.15) is 24.8 Å². The number of β-amino-alcohol motifs (C(OH)–C–C–N with tert-alkyl or cyclic N) is 1. The van der Waals surface area contributed by atoms with Gasteiger partial charge in [0, 0.05) is 12.6 Å². The zero-order valence-corrected chi connectivity index (χ0v) is 14.0. The lowest BCUT2D eigenvalue weighted by atomic mass is 10.0. The van der Waals surface area contributed by atoms with E-state index in [0.29, 0.717) is 25.8 Å². The van der Waals surface area contributed by atoms with Gasteiger partial charge in [0.25, 0.3) is 0 Å². The third-order valence-electron chi connectivity index (χ3n) is 4.48. The summed E-state index contributed by atoms with van der Waals surface area (Å²) >= 11 is 0. The Hall–Kier alpha value is -1.76. The molecule has 24 heavy (non-hydrogen) atoms. The zero-order chi connectivity index (χ0) is 16.6. The van der Waals surface area contributed by atoms with Gasteiger partial charge in [0.2, 0.25) is 0 Å². The highest BCUT2D eigenvalue weighted by Crippen LogP contribution is 2.18. The van der Waals surface area contributed by atoms with Gasteiger partial charge in [-0.1, -0.05) is 36.8 Å². The van der Waals surface area contributed by atoms with Crippen molar-refractivity contribution in [3.8, 4) is 0 Å². The Morgan fingerprint density at radius 1 is 1.25 bits per heavy atom. The molecule has 1 aliphatic rings. The van der Waals surface area contributed by atoms with E-state index in [-0.39, 0.29) is 0 Å². The van der Waals surface area contributed by atoms with Crippen molar-refractivity contribution in [2.75, 3.05) is 19.7 Å². The first-order valence-corrected chi connectivity index (χ1v) is 8.67. The molecule has 2 heterocycles. The smallest absolute Gasteiger partial charge is 0.137 e. The van der Waals surface area contributed by atoms with Gasteiger partial charge in [0.15, 0.2) is 0 Å². The quantitative estimate of drug-likeness (QED) is 0.798. The summed E-state index contributed by atoms with van der Waals surface area (Å²) in [6, 6.07) is 10.5. The Labute approximate surface area is 143 Å². The first-order valence-electron chi connectivity index (χ1n) is 8.67. The molecule has 0 aliphatic carbocycles. The standard InChI is InChI=1S/C18H26N4O2/c23-18(13-24-12-16-6-2-1-3-7-16)11-21-9-5-4-8-17(21)10-22-15-19-14-20-22/h1-3,6-7,14-15,17-18,23H,4-5,8-13H2. The lowest BCUT2D eigenvalue weighted by Crippen LogP contribution is -2.46. The number of hydrogen-bond donors (Lipinski definition) is 1. The van der Waals surface area contributed by atoms with Crippen molar-refractivity contribution in [1.82, 2.24) is 19.7 Å². The largest absolute Gasteiger partial charge is 0.389 e. The van der Waals surface area contributed by atoms with Crippen LogP contribution in [0, 0.1) is 0 Å². The monoisotopic (exact) mass is 330 g/mol. The molecule has 1 saturated heterocycles. The van der Waals surface area contributed by atoms with Gasteiger partial charge in [-0.15, -0.1) is 0 Å². The minimum Gasteiger partial charge on any atom is -0.389 e. The summed E-state index contributed by atoms with van der Waals surface area (Å²) in [6.45, 7) is 3.41. The van der Waals surface area contributed by atoms with Gasteiger partial charge in [-0.05, 0) is 24.9 Å². The van der Waals surface area contributed by atoms with E-state index in [0.717, 1.165) is 25.1 Å². The van der Waals surface area contributed by atoms with Crippen molar-refractivity contribution in [2.45, 2.75) is 44.6 Å². The van der Waals surface area contributed by atoms with Gasteiger partial charge < -0.3 is 9.84 Å². The number of likely N-dealkylation sites (tertiary alicyclic amines) is 1. The fraction of sp³-hybridized carbons (Fsp3) is 0.556. The highest BCUT2D eigenvalue weighted by atomic mass is 16.5. The number of aliphatic hydroxyl groups excluding tert-OH is 1. The van der Waals surface area contributed by atoms with Gasteiger partial charge in [-0.3, -0.25) is 9.58 Å². The van der Waals surface area contributed by atoms with Gasteiger partial charge in [-0.2, -0.15) is 5.10 Å². The number of ether oxygens (including phenoxy) is 1. The van der Waals surface area contributed by atoms with Gasteiger partial charge in [-0.25, -0.2) is 4.98 Å². The van der Waals surface area contributed by atoms with Crippen LogP contribution >= 0.6 is 0 Å². The second kappa shape index (κ2) is 8.92. The van der Waals surface area contributed by atoms with E-state index >= 15 is 0 Å². The number of aromatic nitrogens is 3. The molecule has 1 aromatic carbocycles. The zero-order valence-electron chi connectivity index (χ0n) is 14.0. The first kappa shape index (κ1) is 17.1. The van der Waals surface area contributed by atoms with E-state index in [2.05, 4.69) is 15.0 Å². The van der Waals surface area contributed by atoms with Crippen LogP contribution < -0.4 is 0 Å². The second-order valence-electron chi connectivity index (χ2n) is 6.42. The van der Waals surface area contributed by atoms with Crippen molar-refractivity contribution in [2.24, 2.45) is 0 Å². The summed E-state index contributed by atoms with van der Waals surface area (Å²) in [4.78, 5) is 6.37. The molecule has 0 bridgehead atoms. The Balaban J connectivity index is 1.44. The molecule has 3 rings (SSSR count). The molecule has 0 spiro atoms. The van der Waals surface area contributed by atoms with Crippen molar-refractivity contribution >= 4 is 0 Å². The van der Waals surface area contributed by atoms with E-state index in [1.165, 1.54) is 12.8 Å². The lowest BCUT2D eigenvalue weighted by Gasteiger charge is -2.36. The van der Waals surface area contributed by atoms with Gasteiger partial charge in [0.1, 0.15) is 12.7 Å². The molecular weight excluding hydrogens is 304 g/mol. The molecule has 130 valence electrons. The third kappa shape index (κ3) is 5.12. The van der Waals surface area contributed by atoms with Crippen LogP contribution in [0.15, 0.2) is 43.0 Å². The molecule has 2 aromatic rings. The molecule has 6 nitrogen and oxygen atoms in total. The van der Waals surface area contributed by atoms with Crippen molar-refractivity contribution in [3.05, 3.63) is 48.5 Å². The van der Waals surface area contributed by atoms with E-state index in [1.807, 2.05) is 35.0 Å². The summed E-state index contributed by atoms with van der Waals surface area (Å²) < 4.78 is 7.54. The predicted octanol–water partition coefficient (Wildman–Crippen LogP) is 1.71. The first-order chi connectivity index (χ1) is 11.8. The van der Waals surface area contributed by atoms with Gasteiger partial charge >= 0.3 is 0 Å². The SMILES string of the molecule is OC(COCc1ccccc1)CN1CCCCC1Cn1cncn1. The summed E-state index contributed by atoms with van der Waals surface area (Å²) in [6.07, 6.45) is 6.41. The van der Waals surface area contributed by atoms with E-state index in [1.54, 1.807) is 12.7 Å². The van der Waals surface area contributed by atoms with E-state index in [4.69, 9.17) is 4.74 Å². The number of benzene rings is 1. The molecule has 0 amide bonds. The van der Waals surface area contributed by atoms with Crippen LogP contribution in [0.2, 0.25) is 0 Å². The average molecular weight is 330 g/mol. The van der Waals surface area contributed by atoms with Crippen LogP contribution in [0.25, 0.3) is 0 Å². The fourth-order valence-electron chi connectivity index (χ4n) is 3.26. The van der Waals surface area contributed by atoms with Crippen LogP contribution in [0.3, 0.4) is 0 Å². The Bertz CT molecular complexity index is 576. The maximum absolute atomic E-state index is 10.3. The molecule has 1 fully saturated rings. The summed E-state index contributed by atoms with van der Waals surface area (Å²) in [5.41, 5.74) is 1.13. The predicted molar refractivity (Wildman–Crippen MR) is 91.3 cm³/mol. The molecule has 0 radical (unpaired) electrons. The highest BCUT2D eigenvalue weighted by molar-refractivity contribution is 5.13. The molecule has 2 atom stereocenters. The number of aliphatic hydroxyl groups is 1. The van der Waals surface area contributed by atoms with E-state index in [9.17, 15) is 5.11 Å². The summed E-state index contributed by atoms with van der Waals surface area (Å²) in [5, 5.41) is 14.5. The summed E-state index contributed by atoms with van der Waals surface area (Å²) in [7, 11) is 0. The average Bonchev–Trinajstić information content (AvgIpc) is 3.11. The Morgan fingerprint density at radius 3 is 2.92 bits per heavy atom. The topological polar surface area (TPSA) is 63.4 Å². The molecule has 1 aromatic heterocycles. The van der Waals surface area contributed by atoms with Crippen LogP contribution in [0.5, 0.6) is 0 Å². The number of rotatable bonds is 8. The molecule has 2 unspecified atom stereocenters. The van der Waals surface area contributed by atoms with E-state index < -0.39 is 6.10 Å². The highest BCUT2D eigenvalue weighted by Gasteiger charge is 2.25. The molecule has 1 N–H and O–H groups in total. The number of hydrogen-bond acceptors (Lipinski definition) is 5. The van der Waals surface area contributed by atoms with Crippen molar-refractivity contribution < 1.29 is 9.84 Å². The van der Waals surface area contributed by atoms with Gasteiger partial charge in [0.05, 0.1) is 25.9 Å². The third-order valence-corrected chi connectivity index (χ3v) is 4.48. The minimum absolute atomic E-state index is 0.363. The Morgan fingerprint density at radius 2 is 2.12 bits per heavy atom. The van der Waals surface area contributed by atoms with Crippen LogP contribution in [0.4, 0.5) is 0 Å². The maximum atomic E-state index is 10.3. The number of nitrogens with zero attached hydrogens (tertiary/aromatic N) is 4.